The van der Waals surface area contributed by atoms with Gasteiger partial charge in [-0.05, 0) is 129 Å². The maximum atomic E-state index is 8.12. The molecule has 0 aliphatic heterocycles. The van der Waals surface area contributed by atoms with E-state index in [0.717, 1.165) is 0 Å². The van der Waals surface area contributed by atoms with Gasteiger partial charge in [-0.25, -0.2) is 0 Å². The summed E-state index contributed by atoms with van der Waals surface area (Å²) in [5.74, 6) is 0. The van der Waals surface area contributed by atoms with Gasteiger partial charge in [0.15, 0.2) is 0 Å². The van der Waals surface area contributed by atoms with Gasteiger partial charge in [0.05, 0.1) is 9.75 Å². The van der Waals surface area contributed by atoms with Crippen molar-refractivity contribution < 1.29 is 26.2 Å². The van der Waals surface area contributed by atoms with Crippen molar-refractivity contribution in [3.63, 3.8) is 0 Å². The summed E-state index contributed by atoms with van der Waals surface area (Å²) in [7, 11) is 0. The van der Waals surface area contributed by atoms with Gasteiger partial charge in [-0.15, -0.1) is 23.2 Å². The molecule has 0 amide bonds. The number of alkyl halides is 2. The number of halogens is 2. The Balaban J connectivity index is 0.00000351. The molecule has 0 heterocycles. The topological polar surface area (TPSA) is 0 Å². The molecule has 2 unspecified atom stereocenters. The molecule has 0 fully saturated rings. The predicted octanol–water partition coefficient (Wildman–Crippen LogP) is 12.8. The van der Waals surface area contributed by atoms with Crippen molar-refractivity contribution in [3.8, 4) is 0 Å². The van der Waals surface area contributed by atoms with Crippen molar-refractivity contribution in [3.05, 3.63) is 166 Å². The summed E-state index contributed by atoms with van der Waals surface area (Å²) in [6, 6.07) is 43.8. The van der Waals surface area contributed by atoms with Crippen molar-refractivity contribution in [2.45, 2.75) is 50.3 Å². The van der Waals surface area contributed by atoms with Gasteiger partial charge in [0.2, 0.25) is 0 Å². The number of aryl methyl sites for hydroxylation is 2. The zero-order valence-electron chi connectivity index (χ0n) is 27.2. The Labute approximate surface area is 307 Å². The second-order valence-corrected chi connectivity index (χ2v) is 14.4. The van der Waals surface area contributed by atoms with Gasteiger partial charge in [-0.1, -0.05) is 121 Å². The van der Waals surface area contributed by atoms with Crippen LogP contribution in [0.2, 0.25) is 0 Å². The summed E-state index contributed by atoms with van der Waals surface area (Å²) in [4.78, 5) is -1.49. The second kappa shape index (κ2) is 12.0. The van der Waals surface area contributed by atoms with Crippen LogP contribution in [0.25, 0.3) is 43.8 Å². The Kier molecular flexibility index (Phi) is 8.28. The third-order valence-corrected chi connectivity index (χ3v) is 11.9. The standard InChI is InChI=1S/C44H36Cl2.Zr/c1-27-21-23-37(35-17-7-5-13-31(27)35)41-29(3)33-15-9-11-19-39(33)43(41,45)25-26-44(46)40-20-12-10-16-34(40)30(4)42(44)38-24-22-28(2)32-14-6-8-18-36(32)38;/h5-24H,25-26H2,1-4H3;. The van der Waals surface area contributed by atoms with E-state index >= 15 is 0 Å². The zero-order valence-corrected chi connectivity index (χ0v) is 31.2. The summed E-state index contributed by atoms with van der Waals surface area (Å²) >= 11 is 16.2. The Morgan fingerprint density at radius 3 is 1.15 bits per heavy atom. The normalized spacial score (nSPS) is 20.1. The summed E-state index contributed by atoms with van der Waals surface area (Å²) < 4.78 is 0. The van der Waals surface area contributed by atoms with Gasteiger partial charge in [0.1, 0.15) is 0 Å². The summed E-state index contributed by atoms with van der Waals surface area (Å²) in [5.41, 5.74) is 14.6. The van der Waals surface area contributed by atoms with Crippen LogP contribution in [-0.2, 0) is 36.0 Å². The van der Waals surface area contributed by atoms with E-state index in [-0.39, 0.29) is 26.2 Å². The number of benzene rings is 6. The fourth-order valence-corrected chi connectivity index (χ4v) is 9.48. The molecule has 0 radical (unpaired) electrons. The SMILES string of the molecule is CC1=C(c2ccc(C)c3ccccc23)C(Cl)(CCC2(Cl)C(c3ccc(C)c4ccccc34)=C(C)c3ccccc32)c2ccccc21.[Zr]. The molecule has 0 spiro atoms. The average molecular weight is 727 g/mol. The van der Waals surface area contributed by atoms with Crippen molar-refractivity contribution in [2.75, 3.05) is 0 Å². The van der Waals surface area contributed by atoms with E-state index in [4.69, 9.17) is 23.2 Å². The largest absolute Gasteiger partial charge is 0.109 e. The number of rotatable bonds is 5. The molecule has 230 valence electrons. The Morgan fingerprint density at radius 1 is 0.404 bits per heavy atom. The molecule has 2 aliphatic rings. The first-order chi connectivity index (χ1) is 22.2. The molecule has 2 atom stereocenters. The van der Waals surface area contributed by atoms with Crippen LogP contribution >= 0.6 is 23.2 Å². The minimum Gasteiger partial charge on any atom is -0.109 e. The molecule has 8 rings (SSSR count). The molecular weight excluding hydrogens is 691 g/mol. The molecule has 2 aliphatic carbocycles. The van der Waals surface area contributed by atoms with E-state index in [9.17, 15) is 0 Å². The number of hydrogen-bond acceptors (Lipinski definition) is 0. The summed E-state index contributed by atoms with van der Waals surface area (Å²) in [5, 5.41) is 5.01. The van der Waals surface area contributed by atoms with Crippen LogP contribution in [0, 0.1) is 13.8 Å². The smallest absolute Gasteiger partial charge is 0.0959 e. The van der Waals surface area contributed by atoms with E-state index in [2.05, 4.69) is 149 Å². The van der Waals surface area contributed by atoms with E-state index in [1.54, 1.807) is 0 Å². The summed E-state index contributed by atoms with van der Waals surface area (Å²) in [6.45, 7) is 8.85. The van der Waals surface area contributed by atoms with Crippen molar-refractivity contribution in [1.82, 2.24) is 0 Å². The van der Waals surface area contributed by atoms with Crippen molar-refractivity contribution in [2.24, 2.45) is 0 Å². The van der Waals surface area contributed by atoms with Crippen LogP contribution < -0.4 is 0 Å². The first kappa shape index (κ1) is 32.3. The van der Waals surface area contributed by atoms with Gasteiger partial charge < -0.3 is 0 Å². The maximum Gasteiger partial charge on any atom is 0.0959 e. The molecule has 0 N–H and O–H groups in total. The summed E-state index contributed by atoms with van der Waals surface area (Å²) in [6.07, 6.45) is 1.36. The van der Waals surface area contributed by atoms with Crippen LogP contribution in [0.3, 0.4) is 0 Å². The molecule has 6 aromatic rings. The maximum absolute atomic E-state index is 8.12. The zero-order chi connectivity index (χ0) is 31.8. The Bertz CT molecular complexity index is 2130. The van der Waals surface area contributed by atoms with Gasteiger partial charge in [-0.3, -0.25) is 0 Å². The van der Waals surface area contributed by atoms with Crippen LogP contribution in [0.15, 0.2) is 121 Å². The molecular formula is C44H36Cl2Zr. The van der Waals surface area contributed by atoms with Crippen LogP contribution in [-0.4, -0.2) is 0 Å². The van der Waals surface area contributed by atoms with Gasteiger partial charge in [0.25, 0.3) is 0 Å². The molecule has 0 saturated carbocycles. The van der Waals surface area contributed by atoms with E-state index in [1.807, 2.05) is 0 Å². The van der Waals surface area contributed by atoms with Crippen LogP contribution in [0.5, 0.6) is 0 Å². The molecule has 6 aromatic carbocycles. The third-order valence-electron chi connectivity index (χ3n) is 10.7. The van der Waals surface area contributed by atoms with Crippen LogP contribution in [0.4, 0.5) is 0 Å². The van der Waals surface area contributed by atoms with E-state index in [1.165, 1.54) is 88.3 Å². The van der Waals surface area contributed by atoms with Crippen molar-refractivity contribution in [1.29, 1.82) is 0 Å². The molecule has 0 aromatic heterocycles. The molecule has 0 saturated heterocycles. The van der Waals surface area contributed by atoms with Gasteiger partial charge in [-0.2, -0.15) is 0 Å². The second-order valence-electron chi connectivity index (χ2n) is 13.1. The fraction of sp³-hybridized carbons (Fsp3) is 0.182. The Morgan fingerprint density at radius 2 is 0.745 bits per heavy atom. The van der Waals surface area contributed by atoms with Gasteiger partial charge in [0, 0.05) is 26.2 Å². The molecule has 3 heteroatoms. The molecule has 0 bridgehead atoms. The predicted molar refractivity (Wildman–Crippen MR) is 200 cm³/mol. The number of fused-ring (bicyclic) bond motifs is 4. The quantitative estimate of drug-likeness (QED) is 0.155. The van der Waals surface area contributed by atoms with Crippen LogP contribution in [0.1, 0.15) is 71.2 Å². The Hall–Kier alpha value is -3.22. The monoisotopic (exact) mass is 724 g/mol. The van der Waals surface area contributed by atoms with E-state index < -0.39 is 9.75 Å². The fourth-order valence-electron chi connectivity index (χ4n) is 8.47. The molecule has 0 nitrogen and oxygen atoms in total. The first-order valence-corrected chi connectivity index (χ1v) is 17.0. The van der Waals surface area contributed by atoms with E-state index in [0.29, 0.717) is 12.8 Å². The first-order valence-electron chi connectivity index (χ1n) is 16.2. The van der Waals surface area contributed by atoms with Gasteiger partial charge >= 0.3 is 0 Å². The minimum absolute atomic E-state index is 0. The number of hydrogen-bond donors (Lipinski definition) is 0. The number of allylic oxidation sites excluding steroid dienone is 4. The molecule has 47 heavy (non-hydrogen) atoms. The minimum atomic E-state index is -0.744. The third kappa shape index (κ3) is 4.80. The van der Waals surface area contributed by atoms with Crippen molar-refractivity contribution >= 4 is 67.0 Å². The average Bonchev–Trinajstić information content (AvgIpc) is 3.45.